The summed E-state index contributed by atoms with van der Waals surface area (Å²) in [5, 5.41) is 3.27. The minimum absolute atomic E-state index is 0.115. The Hall–Kier alpha value is -1.67. The first-order valence-corrected chi connectivity index (χ1v) is 7.52. The molecule has 0 radical (unpaired) electrons. The van der Waals surface area contributed by atoms with Crippen molar-refractivity contribution in [3.05, 3.63) is 59.4 Å². The first kappa shape index (κ1) is 15.7. The Morgan fingerprint density at radius 1 is 1.00 bits per heavy atom. The molecule has 2 aromatic carbocycles. The summed E-state index contributed by atoms with van der Waals surface area (Å²) >= 11 is 0. The highest BCUT2D eigenvalue weighted by Crippen LogP contribution is 2.28. The van der Waals surface area contributed by atoms with Crippen LogP contribution in [0.2, 0.25) is 0 Å². The third kappa shape index (κ3) is 3.92. The maximum atomic E-state index is 14.1. The van der Waals surface area contributed by atoms with Gasteiger partial charge in [0.25, 0.3) is 0 Å². The first-order valence-electron chi connectivity index (χ1n) is 7.52. The van der Waals surface area contributed by atoms with Gasteiger partial charge in [-0.25, -0.2) is 4.39 Å². The lowest BCUT2D eigenvalue weighted by atomic mass is 9.86. The fourth-order valence-electron chi connectivity index (χ4n) is 2.32. The van der Waals surface area contributed by atoms with E-state index < -0.39 is 0 Å². The van der Waals surface area contributed by atoms with E-state index in [0.29, 0.717) is 5.56 Å². The molecule has 0 spiro atoms. The molecule has 0 unspecified atom stereocenters. The van der Waals surface area contributed by atoms with Gasteiger partial charge in [0.2, 0.25) is 0 Å². The number of nitrogens with one attached hydrogen (secondary N) is 1. The van der Waals surface area contributed by atoms with Crippen LogP contribution in [0.1, 0.15) is 38.8 Å². The molecule has 1 N–H and O–H groups in total. The summed E-state index contributed by atoms with van der Waals surface area (Å²) in [5.74, 6) is -0.168. The van der Waals surface area contributed by atoms with Gasteiger partial charge in [-0.15, -0.1) is 0 Å². The lowest BCUT2D eigenvalue weighted by molar-refractivity contribution is 0.590. The van der Waals surface area contributed by atoms with Gasteiger partial charge in [-0.3, -0.25) is 0 Å². The van der Waals surface area contributed by atoms with Crippen LogP contribution in [0.4, 0.5) is 4.39 Å². The van der Waals surface area contributed by atoms with Crippen LogP contribution in [-0.4, -0.2) is 6.54 Å². The third-order valence-electron chi connectivity index (χ3n) is 3.67. The van der Waals surface area contributed by atoms with Gasteiger partial charge < -0.3 is 5.32 Å². The molecule has 0 aliphatic heterocycles. The second kappa shape index (κ2) is 6.40. The van der Waals surface area contributed by atoms with Gasteiger partial charge in [0.1, 0.15) is 5.82 Å². The summed E-state index contributed by atoms with van der Waals surface area (Å²) in [4.78, 5) is 0. The van der Waals surface area contributed by atoms with E-state index in [2.05, 4.69) is 45.1 Å². The maximum Gasteiger partial charge on any atom is 0.131 e. The van der Waals surface area contributed by atoms with E-state index >= 15 is 0 Å². The highest BCUT2D eigenvalue weighted by atomic mass is 19.1. The molecule has 2 rings (SSSR count). The number of hydrogen-bond acceptors (Lipinski definition) is 1. The Kier molecular flexibility index (Phi) is 4.79. The number of hydrogen-bond donors (Lipinski definition) is 1. The van der Waals surface area contributed by atoms with Crippen LogP contribution in [0, 0.1) is 5.82 Å². The Labute approximate surface area is 127 Å². The molecular formula is C19H24FN. The molecule has 0 saturated heterocycles. The van der Waals surface area contributed by atoms with Crippen LogP contribution in [0.15, 0.2) is 42.5 Å². The van der Waals surface area contributed by atoms with Crippen molar-refractivity contribution in [1.29, 1.82) is 0 Å². The van der Waals surface area contributed by atoms with Crippen molar-refractivity contribution in [3.8, 4) is 11.1 Å². The summed E-state index contributed by atoms with van der Waals surface area (Å²) in [5.41, 5.74) is 4.08. The lowest BCUT2D eigenvalue weighted by Crippen LogP contribution is -2.12. The molecule has 0 aliphatic carbocycles. The van der Waals surface area contributed by atoms with Gasteiger partial charge in [-0.2, -0.15) is 0 Å². The average molecular weight is 285 g/mol. The highest BCUT2D eigenvalue weighted by molar-refractivity contribution is 5.65. The Balaban J connectivity index is 2.32. The van der Waals surface area contributed by atoms with Crippen molar-refractivity contribution in [1.82, 2.24) is 5.32 Å². The highest BCUT2D eigenvalue weighted by Gasteiger charge is 2.14. The topological polar surface area (TPSA) is 12.0 Å². The molecule has 0 aromatic heterocycles. The van der Waals surface area contributed by atoms with Gasteiger partial charge in [0.15, 0.2) is 0 Å². The van der Waals surface area contributed by atoms with Gasteiger partial charge in [0, 0.05) is 12.1 Å². The van der Waals surface area contributed by atoms with Crippen LogP contribution in [-0.2, 0) is 12.0 Å². The Morgan fingerprint density at radius 3 is 2.24 bits per heavy atom. The average Bonchev–Trinajstić information content (AvgIpc) is 2.46. The quantitative estimate of drug-likeness (QED) is 0.842. The zero-order chi connectivity index (χ0) is 15.5. The van der Waals surface area contributed by atoms with Gasteiger partial charge >= 0.3 is 0 Å². The molecule has 0 fully saturated rings. The Morgan fingerprint density at radius 2 is 1.67 bits per heavy atom. The number of rotatable bonds is 4. The fourth-order valence-corrected chi connectivity index (χ4v) is 2.32. The molecule has 0 heterocycles. The summed E-state index contributed by atoms with van der Waals surface area (Å²) in [7, 11) is 0. The van der Waals surface area contributed by atoms with E-state index in [1.165, 1.54) is 5.56 Å². The monoisotopic (exact) mass is 285 g/mol. The van der Waals surface area contributed by atoms with E-state index in [9.17, 15) is 4.39 Å². The predicted molar refractivity (Wildman–Crippen MR) is 87.9 cm³/mol. The summed E-state index contributed by atoms with van der Waals surface area (Å²) in [6.07, 6.45) is 0. The Bertz CT molecular complexity index is 594. The molecular weight excluding hydrogens is 261 g/mol. The fraction of sp³-hybridized carbons (Fsp3) is 0.368. The molecule has 21 heavy (non-hydrogen) atoms. The minimum Gasteiger partial charge on any atom is -0.313 e. The van der Waals surface area contributed by atoms with Crippen LogP contribution in [0.25, 0.3) is 11.1 Å². The molecule has 0 saturated carbocycles. The maximum absolute atomic E-state index is 14.1. The first-order chi connectivity index (χ1) is 9.91. The lowest BCUT2D eigenvalue weighted by Gasteiger charge is -2.19. The van der Waals surface area contributed by atoms with Crippen molar-refractivity contribution >= 4 is 0 Å². The van der Waals surface area contributed by atoms with E-state index in [1.54, 1.807) is 6.07 Å². The van der Waals surface area contributed by atoms with Crippen molar-refractivity contribution in [2.24, 2.45) is 0 Å². The SMILES string of the molecule is CCNCc1ccc(F)c(-c2ccc(C(C)(C)C)cc2)c1. The molecule has 0 atom stereocenters. The van der Waals surface area contributed by atoms with Crippen LogP contribution in [0.3, 0.4) is 0 Å². The zero-order valence-electron chi connectivity index (χ0n) is 13.3. The van der Waals surface area contributed by atoms with E-state index in [-0.39, 0.29) is 11.2 Å². The predicted octanol–water partition coefficient (Wildman–Crippen LogP) is 4.90. The van der Waals surface area contributed by atoms with E-state index in [0.717, 1.165) is 24.2 Å². The molecule has 2 heteroatoms. The normalized spacial score (nSPS) is 11.7. The van der Waals surface area contributed by atoms with Crippen LogP contribution in [0.5, 0.6) is 0 Å². The molecule has 0 aliphatic rings. The second-order valence-corrected chi connectivity index (χ2v) is 6.42. The zero-order valence-corrected chi connectivity index (χ0v) is 13.3. The van der Waals surface area contributed by atoms with Crippen molar-refractivity contribution in [2.75, 3.05) is 6.54 Å². The molecule has 2 aromatic rings. The number of benzene rings is 2. The van der Waals surface area contributed by atoms with Crippen LogP contribution < -0.4 is 5.32 Å². The van der Waals surface area contributed by atoms with Gasteiger partial charge in [-0.05, 0) is 40.8 Å². The van der Waals surface area contributed by atoms with Crippen LogP contribution >= 0.6 is 0 Å². The molecule has 0 amide bonds. The largest absolute Gasteiger partial charge is 0.313 e. The van der Waals surface area contributed by atoms with Crippen molar-refractivity contribution < 1.29 is 4.39 Å². The summed E-state index contributed by atoms with van der Waals surface area (Å²) in [6, 6.07) is 13.5. The standard InChI is InChI=1S/C19H24FN/c1-5-21-13-14-6-11-18(20)17(12-14)15-7-9-16(10-8-15)19(2,3)4/h6-12,21H,5,13H2,1-4H3. The van der Waals surface area contributed by atoms with Gasteiger partial charge in [-0.1, -0.05) is 58.0 Å². The van der Waals surface area contributed by atoms with E-state index in [4.69, 9.17) is 0 Å². The summed E-state index contributed by atoms with van der Waals surface area (Å²) < 4.78 is 14.1. The summed E-state index contributed by atoms with van der Waals surface area (Å²) in [6.45, 7) is 10.3. The minimum atomic E-state index is -0.168. The molecule has 112 valence electrons. The smallest absolute Gasteiger partial charge is 0.131 e. The van der Waals surface area contributed by atoms with Gasteiger partial charge in [0.05, 0.1) is 0 Å². The molecule has 1 nitrogen and oxygen atoms in total. The number of halogens is 1. The van der Waals surface area contributed by atoms with Crippen molar-refractivity contribution in [3.63, 3.8) is 0 Å². The molecule has 0 bridgehead atoms. The van der Waals surface area contributed by atoms with Crippen molar-refractivity contribution in [2.45, 2.75) is 39.7 Å². The van der Waals surface area contributed by atoms with E-state index in [1.807, 2.05) is 24.3 Å². The second-order valence-electron chi connectivity index (χ2n) is 6.42. The third-order valence-corrected chi connectivity index (χ3v) is 3.67.